The van der Waals surface area contributed by atoms with Gasteiger partial charge < -0.3 is 4.74 Å². The lowest BCUT2D eigenvalue weighted by Gasteiger charge is -2.06. The maximum atomic E-state index is 11.6. The number of nitrogens with zero attached hydrogens (tertiary/aromatic N) is 2. The highest BCUT2D eigenvalue weighted by atomic mass is 16.5. The molecular formula is C13H22N2O2. The lowest BCUT2D eigenvalue weighted by atomic mass is 10.1. The van der Waals surface area contributed by atoms with Gasteiger partial charge >= 0.3 is 5.97 Å². The topological polar surface area (TPSA) is 44.1 Å². The van der Waals surface area contributed by atoms with E-state index in [1.54, 1.807) is 4.68 Å². The third kappa shape index (κ3) is 3.58. The van der Waals surface area contributed by atoms with Crippen LogP contribution in [0.25, 0.3) is 0 Å². The van der Waals surface area contributed by atoms with Crippen LogP contribution in [0.2, 0.25) is 0 Å². The molecule has 0 N–H and O–H groups in total. The second-order valence-corrected chi connectivity index (χ2v) is 4.23. The number of carbonyl (C=O) groups is 1. The Morgan fingerprint density at radius 3 is 2.59 bits per heavy atom. The van der Waals surface area contributed by atoms with E-state index in [1.807, 2.05) is 13.8 Å². The molecule has 1 rings (SSSR count). The summed E-state index contributed by atoms with van der Waals surface area (Å²) in [6.45, 7) is 8.87. The van der Waals surface area contributed by atoms with E-state index in [2.05, 4.69) is 18.9 Å². The van der Waals surface area contributed by atoms with E-state index in [1.165, 1.54) is 5.56 Å². The van der Waals surface area contributed by atoms with Crippen molar-refractivity contribution in [2.24, 2.45) is 0 Å². The molecule has 0 saturated heterocycles. The molecule has 4 heteroatoms. The Labute approximate surface area is 103 Å². The SMILES string of the molecule is CCCCOC(=O)Cn1nc(C)c(CC)c1C. The first-order chi connectivity index (χ1) is 8.10. The Bertz CT molecular complexity index is 383. The van der Waals surface area contributed by atoms with Gasteiger partial charge in [-0.05, 0) is 32.3 Å². The normalized spacial score (nSPS) is 10.6. The van der Waals surface area contributed by atoms with Gasteiger partial charge in [-0.1, -0.05) is 20.3 Å². The summed E-state index contributed by atoms with van der Waals surface area (Å²) in [5, 5.41) is 4.37. The summed E-state index contributed by atoms with van der Waals surface area (Å²) in [5.74, 6) is -0.202. The van der Waals surface area contributed by atoms with Gasteiger partial charge in [-0.3, -0.25) is 9.48 Å². The summed E-state index contributed by atoms with van der Waals surface area (Å²) in [5.41, 5.74) is 3.30. The molecule has 1 aromatic rings. The molecule has 0 fully saturated rings. The first-order valence-electron chi connectivity index (χ1n) is 6.28. The van der Waals surface area contributed by atoms with Crippen molar-refractivity contribution in [3.05, 3.63) is 17.0 Å². The van der Waals surface area contributed by atoms with Crippen LogP contribution in [0.1, 0.15) is 43.6 Å². The summed E-state index contributed by atoms with van der Waals surface area (Å²) >= 11 is 0. The Hall–Kier alpha value is -1.32. The zero-order chi connectivity index (χ0) is 12.8. The Morgan fingerprint density at radius 1 is 1.35 bits per heavy atom. The van der Waals surface area contributed by atoms with Crippen LogP contribution in [0.15, 0.2) is 0 Å². The molecule has 96 valence electrons. The largest absolute Gasteiger partial charge is 0.464 e. The first kappa shape index (κ1) is 13.7. The van der Waals surface area contributed by atoms with Crippen LogP contribution >= 0.6 is 0 Å². The van der Waals surface area contributed by atoms with Gasteiger partial charge in [0.15, 0.2) is 0 Å². The Kier molecular flexibility index (Phi) is 5.19. The average molecular weight is 238 g/mol. The first-order valence-corrected chi connectivity index (χ1v) is 6.28. The quantitative estimate of drug-likeness (QED) is 0.564. The summed E-state index contributed by atoms with van der Waals surface area (Å²) in [6, 6.07) is 0. The number of carbonyl (C=O) groups excluding carboxylic acids is 1. The van der Waals surface area contributed by atoms with Crippen LogP contribution in [0.4, 0.5) is 0 Å². The maximum Gasteiger partial charge on any atom is 0.327 e. The molecule has 0 spiro atoms. The summed E-state index contributed by atoms with van der Waals surface area (Å²) in [6.07, 6.45) is 2.90. The minimum atomic E-state index is -0.202. The van der Waals surface area contributed by atoms with Crippen molar-refractivity contribution >= 4 is 5.97 Å². The third-order valence-corrected chi connectivity index (χ3v) is 2.92. The van der Waals surface area contributed by atoms with Crippen LogP contribution in [0.5, 0.6) is 0 Å². The van der Waals surface area contributed by atoms with Gasteiger partial charge in [-0.2, -0.15) is 5.10 Å². The van der Waals surface area contributed by atoms with Crippen LogP contribution in [-0.4, -0.2) is 22.4 Å². The molecular weight excluding hydrogens is 216 g/mol. The second kappa shape index (κ2) is 6.42. The number of rotatable bonds is 6. The molecule has 17 heavy (non-hydrogen) atoms. The standard InChI is InChI=1S/C13H22N2O2/c1-5-7-8-17-13(16)9-15-11(4)12(6-2)10(3)14-15/h5-9H2,1-4H3. The molecule has 0 atom stereocenters. The Balaban J connectivity index is 2.59. The van der Waals surface area contributed by atoms with Gasteiger partial charge in [0.1, 0.15) is 6.54 Å². The van der Waals surface area contributed by atoms with Crippen LogP contribution < -0.4 is 0 Å². The highest BCUT2D eigenvalue weighted by Gasteiger charge is 2.12. The fourth-order valence-electron chi connectivity index (χ4n) is 1.90. The van der Waals surface area contributed by atoms with E-state index < -0.39 is 0 Å². The van der Waals surface area contributed by atoms with E-state index in [9.17, 15) is 4.79 Å². The maximum absolute atomic E-state index is 11.6. The van der Waals surface area contributed by atoms with Gasteiger partial charge in [-0.25, -0.2) is 0 Å². The number of ether oxygens (including phenoxy) is 1. The molecule has 0 unspecified atom stereocenters. The van der Waals surface area contributed by atoms with E-state index >= 15 is 0 Å². The molecule has 0 amide bonds. The van der Waals surface area contributed by atoms with Crippen LogP contribution in [0.3, 0.4) is 0 Å². The highest BCUT2D eigenvalue weighted by Crippen LogP contribution is 2.13. The zero-order valence-electron chi connectivity index (χ0n) is 11.2. The number of hydrogen-bond donors (Lipinski definition) is 0. The average Bonchev–Trinajstić information content (AvgIpc) is 2.54. The molecule has 1 aromatic heterocycles. The molecule has 0 aliphatic heterocycles. The van der Waals surface area contributed by atoms with Crippen LogP contribution in [-0.2, 0) is 22.5 Å². The number of hydrogen-bond acceptors (Lipinski definition) is 3. The summed E-state index contributed by atoms with van der Waals surface area (Å²) in [4.78, 5) is 11.6. The van der Waals surface area contributed by atoms with Crippen molar-refractivity contribution in [3.63, 3.8) is 0 Å². The van der Waals surface area contributed by atoms with Crippen molar-refractivity contribution in [1.29, 1.82) is 0 Å². The molecule has 0 aromatic carbocycles. The summed E-state index contributed by atoms with van der Waals surface area (Å²) < 4.78 is 6.86. The van der Waals surface area contributed by atoms with Crippen molar-refractivity contribution in [3.8, 4) is 0 Å². The minimum absolute atomic E-state index is 0.202. The van der Waals surface area contributed by atoms with Gasteiger partial charge in [0, 0.05) is 5.69 Å². The van der Waals surface area contributed by atoms with Crippen molar-refractivity contribution in [2.45, 2.75) is 53.5 Å². The van der Waals surface area contributed by atoms with Crippen molar-refractivity contribution < 1.29 is 9.53 Å². The minimum Gasteiger partial charge on any atom is -0.464 e. The summed E-state index contributed by atoms with van der Waals surface area (Å²) in [7, 11) is 0. The molecule has 0 saturated carbocycles. The number of aromatic nitrogens is 2. The fourth-order valence-corrected chi connectivity index (χ4v) is 1.90. The predicted octanol–water partition coefficient (Wildman–Crippen LogP) is 2.41. The number of esters is 1. The Morgan fingerprint density at radius 2 is 2.06 bits per heavy atom. The van der Waals surface area contributed by atoms with Crippen molar-refractivity contribution in [2.75, 3.05) is 6.61 Å². The van der Waals surface area contributed by atoms with Gasteiger partial charge in [0.05, 0.1) is 12.3 Å². The molecule has 0 aliphatic carbocycles. The van der Waals surface area contributed by atoms with Gasteiger partial charge in [0.25, 0.3) is 0 Å². The van der Waals surface area contributed by atoms with Gasteiger partial charge in [-0.15, -0.1) is 0 Å². The van der Waals surface area contributed by atoms with Crippen LogP contribution in [0, 0.1) is 13.8 Å². The van der Waals surface area contributed by atoms with E-state index in [4.69, 9.17) is 4.74 Å². The smallest absolute Gasteiger partial charge is 0.327 e. The molecule has 0 bridgehead atoms. The molecule has 1 heterocycles. The molecule has 0 aliphatic rings. The zero-order valence-corrected chi connectivity index (χ0v) is 11.2. The van der Waals surface area contributed by atoms with Gasteiger partial charge in [0.2, 0.25) is 0 Å². The molecule has 0 radical (unpaired) electrons. The lowest BCUT2D eigenvalue weighted by Crippen LogP contribution is -2.16. The lowest BCUT2D eigenvalue weighted by molar-refractivity contribution is -0.144. The van der Waals surface area contributed by atoms with E-state index in [-0.39, 0.29) is 12.5 Å². The molecule has 4 nitrogen and oxygen atoms in total. The number of aryl methyl sites for hydroxylation is 1. The monoisotopic (exact) mass is 238 g/mol. The van der Waals surface area contributed by atoms with E-state index in [0.29, 0.717) is 6.61 Å². The second-order valence-electron chi connectivity index (χ2n) is 4.23. The van der Waals surface area contributed by atoms with Crippen molar-refractivity contribution in [1.82, 2.24) is 9.78 Å². The van der Waals surface area contributed by atoms with E-state index in [0.717, 1.165) is 30.7 Å². The number of unbranched alkanes of at least 4 members (excludes halogenated alkanes) is 1. The predicted molar refractivity (Wildman–Crippen MR) is 66.9 cm³/mol. The third-order valence-electron chi connectivity index (χ3n) is 2.92. The fraction of sp³-hybridized carbons (Fsp3) is 0.692. The highest BCUT2D eigenvalue weighted by molar-refractivity contribution is 5.69.